The van der Waals surface area contributed by atoms with Gasteiger partial charge in [0.15, 0.2) is 5.76 Å². The molecule has 0 aliphatic rings. The van der Waals surface area contributed by atoms with Gasteiger partial charge in [0.05, 0.1) is 0 Å². The Morgan fingerprint density at radius 3 is 1.91 bits per heavy atom. The average Bonchev–Trinajstić information content (AvgIpc) is 2.62. The minimum Gasteiger partial charge on any atom is -0.448 e. The van der Waals surface area contributed by atoms with Crippen LogP contribution < -0.4 is 4.74 Å². The number of ether oxygens (including phenoxy) is 1. The number of benzene rings is 3. The fraction of sp³-hybridized carbons (Fsp3) is 0. The first kappa shape index (κ1) is 14.7. The highest BCUT2D eigenvalue weighted by Gasteiger charge is 1.98. The zero-order valence-corrected chi connectivity index (χ0v) is 12.6. The lowest BCUT2D eigenvalue weighted by molar-refractivity contribution is 0.454. The minimum absolute atomic E-state index is 0.617. The monoisotopic (exact) mass is 296 g/mol. The molecule has 1 heteroatoms. The molecule has 0 fully saturated rings. The molecule has 0 heterocycles. The summed E-state index contributed by atoms with van der Waals surface area (Å²) < 4.78 is 5.93. The normalized spacial score (nSPS) is 10.5. The van der Waals surface area contributed by atoms with Gasteiger partial charge < -0.3 is 4.74 Å². The van der Waals surface area contributed by atoms with E-state index in [-0.39, 0.29) is 0 Å². The Bertz CT molecular complexity index is 823. The molecular formula is C22H16O. The number of allylic oxidation sites excluding steroid dienone is 1. The molecule has 110 valence electrons. The lowest BCUT2D eigenvalue weighted by atomic mass is 10.2. The van der Waals surface area contributed by atoms with E-state index in [0.29, 0.717) is 5.76 Å². The molecule has 0 bridgehead atoms. The van der Waals surface area contributed by atoms with Gasteiger partial charge in [-0.05, 0) is 41.8 Å². The predicted octanol–water partition coefficient (Wildman–Crippen LogP) is 5.16. The van der Waals surface area contributed by atoms with Crippen molar-refractivity contribution in [2.45, 2.75) is 0 Å². The van der Waals surface area contributed by atoms with E-state index in [1.54, 1.807) is 0 Å². The van der Waals surface area contributed by atoms with Gasteiger partial charge in [0.2, 0.25) is 0 Å². The smallest absolute Gasteiger partial charge is 0.178 e. The Hall–Kier alpha value is -3.24. The fourth-order valence-corrected chi connectivity index (χ4v) is 2.06. The molecule has 0 radical (unpaired) electrons. The molecule has 0 amide bonds. The zero-order valence-electron chi connectivity index (χ0n) is 12.6. The van der Waals surface area contributed by atoms with Gasteiger partial charge in [-0.2, -0.15) is 0 Å². The van der Waals surface area contributed by atoms with Crippen molar-refractivity contribution < 1.29 is 4.74 Å². The molecule has 0 N–H and O–H groups in total. The quantitative estimate of drug-likeness (QED) is 0.479. The molecule has 0 aromatic heterocycles. The van der Waals surface area contributed by atoms with Crippen molar-refractivity contribution in [2.24, 2.45) is 0 Å². The topological polar surface area (TPSA) is 9.23 Å². The van der Waals surface area contributed by atoms with Gasteiger partial charge in [-0.1, -0.05) is 72.7 Å². The van der Waals surface area contributed by atoms with Crippen LogP contribution in [0.15, 0.2) is 96.8 Å². The Morgan fingerprint density at radius 1 is 0.696 bits per heavy atom. The van der Waals surface area contributed by atoms with E-state index < -0.39 is 0 Å². The van der Waals surface area contributed by atoms with Gasteiger partial charge in [0.1, 0.15) is 5.75 Å². The van der Waals surface area contributed by atoms with Crippen molar-refractivity contribution in [1.82, 2.24) is 0 Å². The van der Waals surface area contributed by atoms with E-state index >= 15 is 0 Å². The van der Waals surface area contributed by atoms with E-state index in [0.717, 1.165) is 16.9 Å². The molecule has 3 aromatic carbocycles. The molecule has 3 aromatic rings. The molecule has 3 rings (SSSR count). The second-order valence-corrected chi connectivity index (χ2v) is 4.95. The Morgan fingerprint density at radius 2 is 1.26 bits per heavy atom. The van der Waals surface area contributed by atoms with Gasteiger partial charge in [-0.25, -0.2) is 0 Å². The lowest BCUT2D eigenvalue weighted by Gasteiger charge is -2.04. The van der Waals surface area contributed by atoms with Crippen molar-refractivity contribution in [3.63, 3.8) is 0 Å². The largest absolute Gasteiger partial charge is 0.448 e. The van der Waals surface area contributed by atoms with Crippen molar-refractivity contribution in [3.8, 4) is 17.6 Å². The number of rotatable bonds is 3. The summed E-state index contributed by atoms with van der Waals surface area (Å²) in [6.07, 6.45) is 1.95. The second-order valence-electron chi connectivity index (χ2n) is 4.95. The maximum atomic E-state index is 5.93. The Balaban J connectivity index is 1.91. The van der Waals surface area contributed by atoms with Gasteiger partial charge in [0.25, 0.3) is 0 Å². The van der Waals surface area contributed by atoms with Gasteiger partial charge in [-0.3, -0.25) is 0 Å². The van der Waals surface area contributed by atoms with Gasteiger partial charge in [-0.15, -0.1) is 0 Å². The molecule has 1 nitrogen and oxygen atoms in total. The van der Waals surface area contributed by atoms with Crippen molar-refractivity contribution in [2.75, 3.05) is 0 Å². The van der Waals surface area contributed by atoms with Crippen LogP contribution in [0.4, 0.5) is 0 Å². The molecule has 0 atom stereocenters. The minimum atomic E-state index is 0.617. The summed E-state index contributed by atoms with van der Waals surface area (Å²) in [6, 6.07) is 29.6. The lowest BCUT2D eigenvalue weighted by Crippen LogP contribution is -1.93. The van der Waals surface area contributed by atoms with Crippen LogP contribution in [0.25, 0.3) is 6.08 Å². The maximum absolute atomic E-state index is 5.93. The Kier molecular flexibility index (Phi) is 4.90. The first-order valence-electron chi connectivity index (χ1n) is 7.47. The van der Waals surface area contributed by atoms with Gasteiger partial charge >= 0.3 is 0 Å². The third-order valence-corrected chi connectivity index (χ3v) is 3.17. The van der Waals surface area contributed by atoms with Crippen LogP contribution in [0.2, 0.25) is 0 Å². The van der Waals surface area contributed by atoms with E-state index in [1.165, 1.54) is 0 Å². The second kappa shape index (κ2) is 7.68. The van der Waals surface area contributed by atoms with E-state index in [9.17, 15) is 0 Å². The fourth-order valence-electron chi connectivity index (χ4n) is 2.06. The van der Waals surface area contributed by atoms with Crippen LogP contribution in [0, 0.1) is 11.8 Å². The SMILES string of the molecule is C(#Cc1ccccc1)/C(=C/c1ccccc1)Oc1ccccc1. The summed E-state index contributed by atoms with van der Waals surface area (Å²) >= 11 is 0. The average molecular weight is 296 g/mol. The summed E-state index contributed by atoms with van der Waals surface area (Å²) in [4.78, 5) is 0. The van der Waals surface area contributed by atoms with Crippen molar-refractivity contribution in [3.05, 3.63) is 108 Å². The number of hydrogen-bond acceptors (Lipinski definition) is 1. The summed E-state index contributed by atoms with van der Waals surface area (Å²) in [5.74, 6) is 7.66. The predicted molar refractivity (Wildman–Crippen MR) is 94.8 cm³/mol. The Labute approximate surface area is 136 Å². The van der Waals surface area contributed by atoms with Crippen LogP contribution in [-0.2, 0) is 0 Å². The van der Waals surface area contributed by atoms with E-state index in [1.807, 2.05) is 97.1 Å². The maximum Gasteiger partial charge on any atom is 0.178 e. The molecule has 0 spiro atoms. The molecule has 0 unspecified atom stereocenters. The van der Waals surface area contributed by atoms with Gasteiger partial charge in [0, 0.05) is 5.56 Å². The molecule has 0 saturated heterocycles. The van der Waals surface area contributed by atoms with Crippen LogP contribution >= 0.6 is 0 Å². The van der Waals surface area contributed by atoms with Crippen LogP contribution in [0.5, 0.6) is 5.75 Å². The molecule has 0 aliphatic carbocycles. The summed E-state index contributed by atoms with van der Waals surface area (Å²) in [5, 5.41) is 0. The molecule has 23 heavy (non-hydrogen) atoms. The summed E-state index contributed by atoms with van der Waals surface area (Å²) in [5.41, 5.74) is 2.02. The highest BCUT2D eigenvalue weighted by atomic mass is 16.5. The van der Waals surface area contributed by atoms with E-state index in [4.69, 9.17) is 4.74 Å². The molecule has 0 saturated carbocycles. The highest BCUT2D eigenvalue weighted by molar-refractivity contribution is 5.58. The third kappa shape index (κ3) is 4.62. The standard InChI is InChI=1S/C22H16O/c1-4-10-19(11-5-1)16-17-22(18-20-12-6-2-7-13-20)23-21-14-8-3-9-15-21/h1-15,18H/b22-18-. The van der Waals surface area contributed by atoms with Crippen LogP contribution in [0.3, 0.4) is 0 Å². The van der Waals surface area contributed by atoms with Crippen molar-refractivity contribution in [1.29, 1.82) is 0 Å². The molecular weight excluding hydrogens is 280 g/mol. The molecule has 0 aliphatic heterocycles. The first-order chi connectivity index (χ1) is 11.4. The number of hydrogen-bond donors (Lipinski definition) is 0. The van der Waals surface area contributed by atoms with Crippen molar-refractivity contribution >= 4 is 6.08 Å². The van der Waals surface area contributed by atoms with Crippen LogP contribution in [-0.4, -0.2) is 0 Å². The highest BCUT2D eigenvalue weighted by Crippen LogP contribution is 2.15. The first-order valence-corrected chi connectivity index (χ1v) is 7.47. The number of para-hydroxylation sites is 1. The zero-order chi connectivity index (χ0) is 15.7. The van der Waals surface area contributed by atoms with E-state index in [2.05, 4.69) is 11.8 Å². The summed E-state index contributed by atoms with van der Waals surface area (Å²) in [6.45, 7) is 0. The van der Waals surface area contributed by atoms with Crippen LogP contribution in [0.1, 0.15) is 11.1 Å². The third-order valence-electron chi connectivity index (χ3n) is 3.17. The summed E-state index contributed by atoms with van der Waals surface area (Å²) in [7, 11) is 0.